The van der Waals surface area contributed by atoms with Crippen LogP contribution in [-0.2, 0) is 6.54 Å². The Morgan fingerprint density at radius 1 is 1.75 bits per heavy atom. The molecular weight excluding hydrogens is 161 g/mol. The zero-order valence-corrected chi connectivity index (χ0v) is 6.46. The molecule has 0 aliphatic carbocycles. The van der Waals surface area contributed by atoms with Crippen molar-refractivity contribution in [2.24, 2.45) is 5.84 Å². The van der Waals surface area contributed by atoms with Crippen LogP contribution in [0, 0.1) is 0 Å². The minimum Gasteiger partial charge on any atom is -0.341 e. The van der Waals surface area contributed by atoms with E-state index in [1.54, 1.807) is 18.3 Å². The minimum atomic E-state index is -0.500. The summed E-state index contributed by atoms with van der Waals surface area (Å²) in [7, 11) is 0. The van der Waals surface area contributed by atoms with Crippen LogP contribution in [-0.4, -0.2) is 17.1 Å². The normalized spacial score (nSPS) is 9.83. The number of hydrogen-bond acceptors (Lipinski definition) is 2. The molecule has 0 spiro atoms. The quantitative estimate of drug-likeness (QED) is 0.384. The molecule has 1 amide bonds. The van der Waals surface area contributed by atoms with Crippen LogP contribution in [0.5, 0.6) is 0 Å². The van der Waals surface area contributed by atoms with Crippen molar-refractivity contribution in [1.29, 1.82) is 0 Å². The van der Waals surface area contributed by atoms with Crippen LogP contribution in [0.1, 0.15) is 10.5 Å². The molecule has 0 bridgehead atoms. The number of hydrogen-bond donors (Lipinski definition) is 2. The summed E-state index contributed by atoms with van der Waals surface area (Å²) in [4.78, 5) is 11.0. The Morgan fingerprint density at radius 3 is 3.08 bits per heavy atom. The van der Waals surface area contributed by atoms with Crippen molar-refractivity contribution >= 4 is 5.91 Å². The summed E-state index contributed by atoms with van der Waals surface area (Å²) in [5, 5.41) is 0. The highest BCUT2D eigenvalue weighted by atomic mass is 19.1. The topological polar surface area (TPSA) is 60.0 Å². The second kappa shape index (κ2) is 3.87. The molecule has 3 N–H and O–H groups in total. The number of nitrogens with zero attached hydrogens (tertiary/aromatic N) is 1. The lowest BCUT2D eigenvalue weighted by atomic mass is 10.4. The van der Waals surface area contributed by atoms with E-state index in [2.05, 4.69) is 0 Å². The lowest BCUT2D eigenvalue weighted by molar-refractivity contribution is 0.0944. The molecule has 0 saturated carbocycles. The molecule has 1 heterocycles. The Morgan fingerprint density at radius 2 is 2.50 bits per heavy atom. The van der Waals surface area contributed by atoms with Gasteiger partial charge in [-0.15, -0.1) is 0 Å². The summed E-state index contributed by atoms with van der Waals surface area (Å²) >= 11 is 0. The van der Waals surface area contributed by atoms with Gasteiger partial charge >= 0.3 is 0 Å². The number of nitrogens with two attached hydrogens (primary N) is 1. The van der Waals surface area contributed by atoms with E-state index < -0.39 is 12.6 Å². The van der Waals surface area contributed by atoms with Gasteiger partial charge < -0.3 is 4.57 Å². The molecule has 0 fully saturated rings. The summed E-state index contributed by atoms with van der Waals surface area (Å²) in [6.45, 7) is -0.324. The molecule has 1 rings (SSSR count). The number of nitrogens with one attached hydrogen (secondary N) is 1. The molecule has 12 heavy (non-hydrogen) atoms. The number of aryl methyl sites for hydroxylation is 1. The number of halogens is 1. The third-order valence-electron chi connectivity index (χ3n) is 1.52. The Hall–Kier alpha value is -1.36. The number of rotatable bonds is 3. The van der Waals surface area contributed by atoms with E-state index in [9.17, 15) is 9.18 Å². The van der Waals surface area contributed by atoms with E-state index in [1.165, 1.54) is 4.57 Å². The maximum absolute atomic E-state index is 11.9. The zero-order valence-electron chi connectivity index (χ0n) is 6.46. The Bertz CT molecular complexity index is 271. The Balaban J connectivity index is 2.83. The van der Waals surface area contributed by atoms with Gasteiger partial charge in [-0.2, -0.15) is 0 Å². The summed E-state index contributed by atoms with van der Waals surface area (Å²) in [5.74, 6) is 4.51. The molecule has 0 unspecified atom stereocenters. The van der Waals surface area contributed by atoms with Crippen LogP contribution in [0.4, 0.5) is 4.39 Å². The van der Waals surface area contributed by atoms with Crippen LogP contribution in [0.2, 0.25) is 0 Å². The van der Waals surface area contributed by atoms with Gasteiger partial charge in [-0.05, 0) is 12.1 Å². The molecule has 0 aliphatic heterocycles. The minimum absolute atomic E-state index is 0.176. The smallest absolute Gasteiger partial charge is 0.281 e. The van der Waals surface area contributed by atoms with Crippen molar-refractivity contribution in [2.45, 2.75) is 6.54 Å². The van der Waals surface area contributed by atoms with E-state index in [0.717, 1.165) is 0 Å². The molecule has 4 nitrogen and oxygen atoms in total. The van der Waals surface area contributed by atoms with Gasteiger partial charge in [0.15, 0.2) is 0 Å². The third-order valence-corrected chi connectivity index (χ3v) is 1.52. The van der Waals surface area contributed by atoms with Crippen molar-refractivity contribution in [1.82, 2.24) is 9.99 Å². The van der Waals surface area contributed by atoms with Crippen molar-refractivity contribution < 1.29 is 9.18 Å². The van der Waals surface area contributed by atoms with Gasteiger partial charge in [0.05, 0.1) is 6.54 Å². The maximum atomic E-state index is 11.9. The predicted octanol–water partition coefficient (Wildman–Crippen LogP) is 0.0611. The molecule has 1 aromatic heterocycles. The second-order valence-corrected chi connectivity index (χ2v) is 2.25. The summed E-state index contributed by atoms with van der Waals surface area (Å²) in [5.41, 5.74) is 2.35. The van der Waals surface area contributed by atoms with Gasteiger partial charge in [0.2, 0.25) is 0 Å². The average Bonchev–Trinajstić information content (AvgIpc) is 2.52. The first-order valence-electron chi connectivity index (χ1n) is 3.51. The van der Waals surface area contributed by atoms with Gasteiger partial charge in [-0.1, -0.05) is 0 Å². The molecule has 0 aromatic carbocycles. The number of amides is 1. The fourth-order valence-corrected chi connectivity index (χ4v) is 0.980. The SMILES string of the molecule is NNC(=O)c1cccn1CCF. The molecule has 5 heteroatoms. The van der Waals surface area contributed by atoms with Gasteiger partial charge in [0.1, 0.15) is 12.4 Å². The van der Waals surface area contributed by atoms with Gasteiger partial charge in [0, 0.05) is 6.20 Å². The number of alkyl halides is 1. The molecule has 66 valence electrons. The van der Waals surface area contributed by atoms with Gasteiger partial charge in [-0.25, -0.2) is 10.2 Å². The highest BCUT2D eigenvalue weighted by Gasteiger charge is 2.07. The molecule has 0 radical (unpaired) electrons. The second-order valence-electron chi connectivity index (χ2n) is 2.25. The van der Waals surface area contributed by atoms with Crippen LogP contribution < -0.4 is 11.3 Å². The number of carbonyl (C=O) groups excluding carboxylic acids is 1. The Kier molecular flexibility index (Phi) is 2.82. The van der Waals surface area contributed by atoms with Crippen LogP contribution >= 0.6 is 0 Å². The van der Waals surface area contributed by atoms with Crippen molar-refractivity contribution in [3.05, 3.63) is 24.0 Å². The van der Waals surface area contributed by atoms with Crippen LogP contribution in [0.3, 0.4) is 0 Å². The van der Waals surface area contributed by atoms with Crippen molar-refractivity contribution in [2.75, 3.05) is 6.67 Å². The van der Waals surface area contributed by atoms with Crippen molar-refractivity contribution in [3.8, 4) is 0 Å². The largest absolute Gasteiger partial charge is 0.341 e. The molecule has 0 atom stereocenters. The fourth-order valence-electron chi connectivity index (χ4n) is 0.980. The van der Waals surface area contributed by atoms with Crippen LogP contribution in [0.25, 0.3) is 0 Å². The monoisotopic (exact) mass is 171 g/mol. The van der Waals surface area contributed by atoms with E-state index in [4.69, 9.17) is 5.84 Å². The maximum Gasteiger partial charge on any atom is 0.281 e. The summed E-state index contributed by atoms with van der Waals surface area (Å²) in [6, 6.07) is 3.25. The first-order chi connectivity index (χ1) is 5.79. The molecule has 0 saturated heterocycles. The fraction of sp³-hybridized carbons (Fsp3) is 0.286. The predicted molar refractivity (Wildman–Crippen MR) is 42.1 cm³/mol. The molecular formula is C7H10FN3O. The number of nitrogen functional groups attached to an aromatic ring is 1. The lowest BCUT2D eigenvalue weighted by Gasteiger charge is -2.04. The van der Waals surface area contributed by atoms with Gasteiger partial charge in [0.25, 0.3) is 5.91 Å². The molecule has 0 aliphatic rings. The average molecular weight is 171 g/mol. The number of hydrazine groups is 1. The highest BCUT2D eigenvalue weighted by Crippen LogP contribution is 2.01. The Labute approximate surface area is 69.1 Å². The number of carbonyl (C=O) groups is 1. The first-order valence-corrected chi connectivity index (χ1v) is 3.51. The lowest BCUT2D eigenvalue weighted by Crippen LogP contribution is -2.31. The molecule has 1 aromatic rings. The first kappa shape index (κ1) is 8.73. The zero-order chi connectivity index (χ0) is 8.97. The highest BCUT2D eigenvalue weighted by molar-refractivity contribution is 5.92. The van der Waals surface area contributed by atoms with E-state index in [1.807, 2.05) is 5.43 Å². The third kappa shape index (κ3) is 1.62. The summed E-state index contributed by atoms with van der Waals surface area (Å²) < 4.78 is 13.4. The van der Waals surface area contributed by atoms with Crippen molar-refractivity contribution in [3.63, 3.8) is 0 Å². The van der Waals surface area contributed by atoms with E-state index in [-0.39, 0.29) is 6.54 Å². The van der Waals surface area contributed by atoms with E-state index in [0.29, 0.717) is 5.69 Å². The van der Waals surface area contributed by atoms with Gasteiger partial charge in [-0.3, -0.25) is 10.2 Å². The standard InChI is InChI=1S/C7H10FN3O/c8-3-5-11-4-1-2-6(11)7(12)10-9/h1-2,4H,3,5,9H2,(H,10,12). The van der Waals surface area contributed by atoms with Crippen LogP contribution in [0.15, 0.2) is 18.3 Å². The number of aromatic nitrogens is 1. The van der Waals surface area contributed by atoms with E-state index >= 15 is 0 Å². The summed E-state index contributed by atoms with van der Waals surface area (Å²) in [6.07, 6.45) is 1.63.